The first-order valence-electron chi connectivity index (χ1n) is 7.79. The van der Waals surface area contributed by atoms with Gasteiger partial charge in [-0.2, -0.15) is 4.98 Å². The van der Waals surface area contributed by atoms with Gasteiger partial charge in [-0.3, -0.25) is 14.6 Å². The number of hydrogen-bond acceptors (Lipinski definition) is 3. The van der Waals surface area contributed by atoms with E-state index in [0.29, 0.717) is 23.7 Å². The Morgan fingerprint density at radius 1 is 1.46 bits per heavy atom. The molecule has 2 N–H and O–H groups in total. The number of carbonyl (C=O) groups is 1. The Morgan fingerprint density at radius 3 is 2.79 bits per heavy atom. The van der Waals surface area contributed by atoms with Crippen LogP contribution in [0.4, 0.5) is 8.78 Å². The summed E-state index contributed by atoms with van der Waals surface area (Å²) in [5.41, 5.74) is 0.734. The zero-order chi connectivity index (χ0) is 17.3. The Kier molecular flexibility index (Phi) is 4.75. The summed E-state index contributed by atoms with van der Waals surface area (Å²) < 4.78 is 28.2. The Hall–Kier alpha value is -2.09. The molecule has 1 heterocycles. The van der Waals surface area contributed by atoms with Crippen LogP contribution in [0, 0.1) is 28.2 Å². The fourth-order valence-electron chi connectivity index (χ4n) is 2.75. The summed E-state index contributed by atoms with van der Waals surface area (Å²) in [4.78, 5) is 16.1. The molecule has 1 aliphatic carbocycles. The van der Waals surface area contributed by atoms with E-state index in [1.807, 2.05) is 0 Å². The summed E-state index contributed by atoms with van der Waals surface area (Å²) >= 11 is 4.96. The third-order valence-corrected chi connectivity index (χ3v) is 4.64. The van der Waals surface area contributed by atoms with Gasteiger partial charge in [-0.25, -0.2) is 8.78 Å². The van der Waals surface area contributed by atoms with Crippen molar-refractivity contribution in [3.63, 3.8) is 0 Å². The first kappa shape index (κ1) is 16.8. The SMILES string of the molecule is Cn1[nH]c(C(=O)NC[C@H](Cc2ccc(F)c(F)c2)C2CC2)nc1=S. The van der Waals surface area contributed by atoms with E-state index >= 15 is 0 Å². The predicted molar refractivity (Wildman–Crippen MR) is 87.0 cm³/mol. The second kappa shape index (κ2) is 6.80. The molecule has 0 radical (unpaired) electrons. The smallest absolute Gasteiger partial charge is 0.288 e. The quantitative estimate of drug-likeness (QED) is 0.786. The minimum atomic E-state index is -0.847. The zero-order valence-corrected chi connectivity index (χ0v) is 14.0. The third-order valence-electron chi connectivity index (χ3n) is 4.28. The largest absolute Gasteiger partial charge is 0.349 e. The van der Waals surface area contributed by atoms with E-state index in [-0.39, 0.29) is 17.6 Å². The van der Waals surface area contributed by atoms with Crippen molar-refractivity contribution in [1.29, 1.82) is 0 Å². The molecule has 5 nitrogen and oxygen atoms in total. The summed E-state index contributed by atoms with van der Waals surface area (Å²) in [5.74, 6) is -1.15. The standard InChI is InChI=1S/C16H18F2N4OS/c1-22-16(24)20-14(21-22)15(23)19-8-11(10-3-4-10)6-9-2-5-12(17)13(18)7-9/h2,5,7,10-11H,3-4,6,8H2,1H3,(H,19,23)(H,20,21,24)/t11-/m0/s1. The summed E-state index contributed by atoms with van der Waals surface area (Å²) in [6.45, 7) is 0.458. The number of H-pyrrole nitrogens is 1. The number of aryl methyl sites for hydroxylation is 1. The van der Waals surface area contributed by atoms with Crippen LogP contribution in [0.25, 0.3) is 0 Å². The summed E-state index contributed by atoms with van der Waals surface area (Å²) in [6, 6.07) is 3.95. The van der Waals surface area contributed by atoms with E-state index in [9.17, 15) is 13.6 Å². The van der Waals surface area contributed by atoms with Gasteiger partial charge in [0.1, 0.15) is 0 Å². The number of nitrogens with zero attached hydrogens (tertiary/aromatic N) is 2. The highest BCUT2D eigenvalue weighted by molar-refractivity contribution is 7.71. The Balaban J connectivity index is 1.63. The fraction of sp³-hybridized carbons (Fsp3) is 0.438. The van der Waals surface area contributed by atoms with Gasteiger partial charge in [0.05, 0.1) is 0 Å². The molecule has 2 aromatic rings. The zero-order valence-electron chi connectivity index (χ0n) is 13.2. The first-order valence-corrected chi connectivity index (χ1v) is 8.20. The van der Waals surface area contributed by atoms with Crippen LogP contribution in [-0.4, -0.2) is 27.2 Å². The number of benzene rings is 1. The lowest BCUT2D eigenvalue weighted by Crippen LogP contribution is -2.32. The van der Waals surface area contributed by atoms with Crippen LogP contribution in [0.3, 0.4) is 0 Å². The molecule has 8 heteroatoms. The minimum absolute atomic E-state index is 0.171. The number of carbonyl (C=O) groups excluding carboxylic acids is 1. The maximum Gasteiger partial charge on any atom is 0.288 e. The van der Waals surface area contributed by atoms with Crippen LogP contribution in [0.5, 0.6) is 0 Å². The van der Waals surface area contributed by atoms with Gasteiger partial charge >= 0.3 is 0 Å². The highest BCUT2D eigenvalue weighted by Gasteiger charge is 2.31. The van der Waals surface area contributed by atoms with Gasteiger partial charge in [0.25, 0.3) is 5.91 Å². The van der Waals surface area contributed by atoms with E-state index in [1.54, 1.807) is 13.1 Å². The molecule has 1 aromatic heterocycles. The second-order valence-corrected chi connectivity index (χ2v) is 6.54. The lowest BCUT2D eigenvalue weighted by Gasteiger charge is -2.17. The number of aromatic nitrogens is 3. The Bertz CT molecular complexity index is 813. The maximum absolute atomic E-state index is 13.4. The Morgan fingerprint density at radius 2 is 2.21 bits per heavy atom. The molecular formula is C16H18F2N4OS. The molecule has 128 valence electrons. The molecule has 0 aliphatic heterocycles. The van der Waals surface area contributed by atoms with Crippen LogP contribution in [0.2, 0.25) is 0 Å². The van der Waals surface area contributed by atoms with Crippen molar-refractivity contribution in [2.75, 3.05) is 6.54 Å². The number of halogens is 2. The van der Waals surface area contributed by atoms with Gasteiger partial charge in [0.15, 0.2) is 11.6 Å². The normalized spacial score (nSPS) is 15.3. The molecule has 0 bridgehead atoms. The van der Waals surface area contributed by atoms with Gasteiger partial charge in [0, 0.05) is 13.6 Å². The lowest BCUT2D eigenvalue weighted by atomic mass is 9.94. The molecule has 1 atom stereocenters. The van der Waals surface area contributed by atoms with Crippen molar-refractivity contribution in [3.8, 4) is 0 Å². The highest BCUT2D eigenvalue weighted by atomic mass is 32.1. The van der Waals surface area contributed by atoms with Crippen LogP contribution >= 0.6 is 12.2 Å². The maximum atomic E-state index is 13.4. The number of amides is 1. The minimum Gasteiger partial charge on any atom is -0.349 e. The molecule has 1 amide bonds. The molecular weight excluding hydrogens is 334 g/mol. The van der Waals surface area contributed by atoms with E-state index in [2.05, 4.69) is 15.4 Å². The predicted octanol–water partition coefficient (Wildman–Crippen LogP) is 2.75. The number of nitrogens with one attached hydrogen (secondary N) is 2. The fourth-order valence-corrected chi connectivity index (χ4v) is 2.89. The van der Waals surface area contributed by atoms with Gasteiger partial charge in [-0.05, 0) is 61.0 Å². The van der Waals surface area contributed by atoms with Gasteiger partial charge in [-0.15, -0.1) is 0 Å². The van der Waals surface area contributed by atoms with E-state index in [0.717, 1.165) is 24.5 Å². The highest BCUT2D eigenvalue weighted by Crippen LogP contribution is 2.38. The Labute approximate surface area is 143 Å². The average molecular weight is 352 g/mol. The van der Waals surface area contributed by atoms with Crippen molar-refractivity contribution < 1.29 is 13.6 Å². The van der Waals surface area contributed by atoms with E-state index in [1.165, 1.54) is 10.7 Å². The van der Waals surface area contributed by atoms with Crippen LogP contribution in [-0.2, 0) is 13.5 Å². The summed E-state index contributed by atoms with van der Waals surface area (Å²) in [5, 5.41) is 5.62. The van der Waals surface area contributed by atoms with Crippen LogP contribution in [0.1, 0.15) is 29.0 Å². The molecule has 0 unspecified atom stereocenters. The molecule has 3 rings (SSSR count). The van der Waals surface area contributed by atoms with Crippen LogP contribution in [0.15, 0.2) is 18.2 Å². The summed E-state index contributed by atoms with van der Waals surface area (Å²) in [6.07, 6.45) is 2.78. The van der Waals surface area contributed by atoms with E-state index in [4.69, 9.17) is 12.2 Å². The van der Waals surface area contributed by atoms with Crippen molar-refractivity contribution >= 4 is 18.1 Å². The topological polar surface area (TPSA) is 62.7 Å². The number of aromatic amines is 1. The average Bonchev–Trinajstić information content (AvgIpc) is 3.33. The molecule has 1 aliphatic rings. The molecule has 24 heavy (non-hydrogen) atoms. The van der Waals surface area contributed by atoms with Crippen molar-refractivity contribution in [2.45, 2.75) is 19.3 Å². The molecule has 1 aromatic carbocycles. The third kappa shape index (κ3) is 3.87. The summed E-state index contributed by atoms with van der Waals surface area (Å²) in [7, 11) is 1.68. The molecule has 1 saturated carbocycles. The van der Waals surface area contributed by atoms with Crippen molar-refractivity contribution in [3.05, 3.63) is 46.0 Å². The lowest BCUT2D eigenvalue weighted by molar-refractivity contribution is 0.0934. The van der Waals surface area contributed by atoms with Crippen molar-refractivity contribution in [2.24, 2.45) is 18.9 Å². The van der Waals surface area contributed by atoms with Crippen molar-refractivity contribution in [1.82, 2.24) is 20.1 Å². The van der Waals surface area contributed by atoms with E-state index < -0.39 is 11.6 Å². The molecule has 0 spiro atoms. The van der Waals surface area contributed by atoms with Gasteiger partial charge in [0.2, 0.25) is 10.6 Å². The van der Waals surface area contributed by atoms with Gasteiger partial charge < -0.3 is 5.32 Å². The number of rotatable bonds is 6. The molecule has 0 saturated heterocycles. The van der Waals surface area contributed by atoms with Crippen LogP contribution < -0.4 is 5.32 Å². The monoisotopic (exact) mass is 352 g/mol. The molecule has 1 fully saturated rings. The number of hydrogen-bond donors (Lipinski definition) is 2. The second-order valence-electron chi connectivity index (χ2n) is 6.17. The first-order chi connectivity index (χ1) is 11.4. The van der Waals surface area contributed by atoms with Gasteiger partial charge in [-0.1, -0.05) is 6.07 Å².